The Morgan fingerprint density at radius 1 is 1.11 bits per heavy atom. The van der Waals surface area contributed by atoms with Crippen molar-refractivity contribution in [1.29, 1.82) is 0 Å². The maximum Gasteiger partial charge on any atom is 0.329 e. The van der Waals surface area contributed by atoms with Gasteiger partial charge in [-0.3, -0.25) is 19.4 Å². The fourth-order valence-electron chi connectivity index (χ4n) is 5.03. The lowest BCUT2D eigenvalue weighted by atomic mass is 9.61. The van der Waals surface area contributed by atoms with Gasteiger partial charge in [0.25, 0.3) is 5.91 Å². The van der Waals surface area contributed by atoms with Crippen LogP contribution in [0.1, 0.15) is 55.5 Å². The first-order valence-electron chi connectivity index (χ1n) is 12.1. The number of amides is 1. The summed E-state index contributed by atoms with van der Waals surface area (Å²) in [7, 11) is 0. The molecule has 11 heteroatoms. The van der Waals surface area contributed by atoms with Crippen LogP contribution in [0.15, 0.2) is 46.8 Å². The summed E-state index contributed by atoms with van der Waals surface area (Å²) in [5.41, 5.74) is -0.434. The third kappa shape index (κ3) is 4.99. The van der Waals surface area contributed by atoms with E-state index >= 15 is 0 Å². The quantitative estimate of drug-likeness (QED) is 0.351. The first kappa shape index (κ1) is 28.3. The monoisotopic (exact) mass is 621 g/mol. The number of carboxylic acid groups (broad SMARTS) is 1. The van der Waals surface area contributed by atoms with Gasteiger partial charge in [0.15, 0.2) is 5.78 Å². The van der Waals surface area contributed by atoms with Gasteiger partial charge in [-0.05, 0) is 52.4 Å². The largest absolute Gasteiger partial charge is 0.479 e. The average Bonchev–Trinajstić information content (AvgIpc) is 2.87. The number of ketones is 2. The molecule has 0 unspecified atom stereocenters. The van der Waals surface area contributed by atoms with Crippen molar-refractivity contribution in [2.45, 2.75) is 51.5 Å². The molecule has 1 heterocycles. The summed E-state index contributed by atoms with van der Waals surface area (Å²) in [6.45, 7) is 3.62. The SMILES string of the molecule is CC(C)[C@](Cc1ccc(NC(=O)c2c(Cl)cncc2Cl)cc1)(NC1=C(Br)C(=O)C12CCC(=O)CC2)C(=O)O. The van der Waals surface area contributed by atoms with E-state index in [0.29, 0.717) is 47.1 Å². The van der Waals surface area contributed by atoms with E-state index in [9.17, 15) is 24.3 Å². The van der Waals surface area contributed by atoms with Crippen molar-refractivity contribution < 1.29 is 24.3 Å². The lowest BCUT2D eigenvalue weighted by molar-refractivity contribution is -0.148. The number of carboxylic acids is 1. The topological polar surface area (TPSA) is 125 Å². The van der Waals surface area contributed by atoms with Gasteiger partial charge >= 0.3 is 5.97 Å². The Kier molecular flexibility index (Phi) is 8.02. The van der Waals surface area contributed by atoms with Crippen molar-refractivity contribution in [3.63, 3.8) is 0 Å². The number of Topliss-reactive ketones (excluding diaryl/α,β-unsaturated/α-hetero) is 2. The van der Waals surface area contributed by atoms with Crippen LogP contribution in [0, 0.1) is 11.3 Å². The van der Waals surface area contributed by atoms with E-state index in [-0.39, 0.29) is 39.5 Å². The van der Waals surface area contributed by atoms with Crippen molar-refractivity contribution in [3.05, 3.63) is 68.0 Å². The van der Waals surface area contributed by atoms with Gasteiger partial charge in [-0.2, -0.15) is 0 Å². The van der Waals surface area contributed by atoms with E-state index in [0.717, 1.165) is 0 Å². The molecular formula is C27H26BrCl2N3O5. The van der Waals surface area contributed by atoms with Crippen molar-refractivity contribution in [2.24, 2.45) is 11.3 Å². The Hall–Kier alpha value is -2.75. The van der Waals surface area contributed by atoms with Crippen LogP contribution in [0.2, 0.25) is 10.0 Å². The molecule has 3 N–H and O–H groups in total. The highest BCUT2D eigenvalue weighted by molar-refractivity contribution is 9.12. The zero-order chi connectivity index (χ0) is 27.8. The predicted octanol–water partition coefficient (Wildman–Crippen LogP) is 5.57. The standard InChI is InChI=1S/C27H26BrCl2N3O5/c1-14(2)27(25(37)38,33-22-21(28)23(35)26(22)9-7-17(34)8-10-26)11-15-3-5-16(6-4-15)32-24(36)20-18(29)12-31-13-19(20)30/h3-6,12-14,33H,7-11H2,1-2H3,(H,32,36)(H,37,38)/t27-/m0/s1. The molecule has 1 fully saturated rings. The third-order valence-corrected chi connectivity index (χ3v) is 8.81. The molecule has 1 aromatic carbocycles. The number of pyridine rings is 1. The summed E-state index contributed by atoms with van der Waals surface area (Å²) in [6, 6.07) is 6.80. The first-order chi connectivity index (χ1) is 17.9. The average molecular weight is 623 g/mol. The van der Waals surface area contributed by atoms with Crippen LogP contribution < -0.4 is 10.6 Å². The molecule has 0 aliphatic heterocycles. The molecule has 1 aromatic heterocycles. The lowest BCUT2D eigenvalue weighted by Crippen LogP contribution is -2.63. The molecule has 1 saturated carbocycles. The fraction of sp³-hybridized carbons (Fsp3) is 0.370. The Morgan fingerprint density at radius 3 is 2.21 bits per heavy atom. The van der Waals surface area contributed by atoms with Gasteiger partial charge in [0.05, 0.1) is 25.5 Å². The minimum atomic E-state index is -1.42. The van der Waals surface area contributed by atoms with Crippen molar-refractivity contribution in [2.75, 3.05) is 5.32 Å². The maximum atomic E-state index is 12.9. The Labute approximate surface area is 238 Å². The molecule has 1 spiro atoms. The van der Waals surface area contributed by atoms with Crippen LogP contribution in [0.4, 0.5) is 5.69 Å². The van der Waals surface area contributed by atoms with Crippen LogP contribution in [0.25, 0.3) is 0 Å². The van der Waals surface area contributed by atoms with Gasteiger partial charge in [-0.15, -0.1) is 0 Å². The normalized spacial score (nSPS) is 18.3. The maximum absolute atomic E-state index is 12.9. The minimum absolute atomic E-state index is 0.0926. The van der Waals surface area contributed by atoms with Gasteiger partial charge in [0.1, 0.15) is 11.3 Å². The second kappa shape index (κ2) is 10.8. The second-order valence-corrected chi connectivity index (χ2v) is 11.6. The number of hydrogen-bond acceptors (Lipinski definition) is 6. The number of carbonyl (C=O) groups excluding carboxylic acids is 3. The molecule has 2 aliphatic carbocycles. The summed E-state index contributed by atoms with van der Waals surface area (Å²) in [4.78, 5) is 54.0. The van der Waals surface area contributed by atoms with Crippen molar-refractivity contribution in [1.82, 2.24) is 10.3 Å². The molecule has 2 aliphatic rings. The molecule has 0 radical (unpaired) electrons. The van der Waals surface area contributed by atoms with Crippen LogP contribution in [0.3, 0.4) is 0 Å². The number of halogens is 3. The molecule has 0 bridgehead atoms. The number of aliphatic carboxylic acids is 1. The van der Waals surface area contributed by atoms with Crippen molar-refractivity contribution >= 4 is 68.3 Å². The Bertz CT molecular complexity index is 1330. The molecule has 38 heavy (non-hydrogen) atoms. The summed E-state index contributed by atoms with van der Waals surface area (Å²) < 4.78 is 0.338. The smallest absolute Gasteiger partial charge is 0.329 e. The molecule has 0 saturated heterocycles. The second-order valence-electron chi connectivity index (χ2n) is 10.0. The van der Waals surface area contributed by atoms with Gasteiger partial charge in [0.2, 0.25) is 0 Å². The number of nitrogens with zero attached hydrogens (tertiary/aromatic N) is 1. The molecule has 1 amide bonds. The van der Waals surface area contributed by atoms with Crippen molar-refractivity contribution in [3.8, 4) is 0 Å². The predicted molar refractivity (Wildman–Crippen MR) is 148 cm³/mol. The van der Waals surface area contributed by atoms with E-state index in [4.69, 9.17) is 23.2 Å². The Morgan fingerprint density at radius 2 is 1.68 bits per heavy atom. The van der Waals surface area contributed by atoms with E-state index in [1.807, 2.05) is 13.8 Å². The summed E-state index contributed by atoms with van der Waals surface area (Å²) in [5.74, 6) is -1.89. The van der Waals surface area contributed by atoms with E-state index in [1.54, 1.807) is 24.3 Å². The van der Waals surface area contributed by atoms with Crippen LogP contribution in [-0.4, -0.2) is 39.1 Å². The molecular weight excluding hydrogens is 597 g/mol. The number of anilines is 1. The van der Waals surface area contributed by atoms with Gasteiger partial charge < -0.3 is 15.7 Å². The van der Waals surface area contributed by atoms with Gasteiger partial charge in [-0.1, -0.05) is 49.2 Å². The fourth-order valence-corrected chi connectivity index (χ4v) is 6.43. The Balaban J connectivity index is 1.57. The first-order valence-corrected chi connectivity index (χ1v) is 13.6. The summed E-state index contributed by atoms with van der Waals surface area (Å²) >= 11 is 15.5. The zero-order valence-electron chi connectivity index (χ0n) is 20.7. The third-order valence-electron chi connectivity index (χ3n) is 7.48. The molecule has 8 nitrogen and oxygen atoms in total. The number of allylic oxidation sites excluding steroid dienone is 2. The molecule has 4 rings (SSSR count). The van der Waals surface area contributed by atoms with E-state index in [2.05, 4.69) is 31.5 Å². The van der Waals surface area contributed by atoms with Crippen LogP contribution in [0.5, 0.6) is 0 Å². The number of aromatic nitrogens is 1. The van der Waals surface area contributed by atoms with E-state index in [1.165, 1.54) is 12.4 Å². The number of benzene rings is 1. The van der Waals surface area contributed by atoms with Gasteiger partial charge in [-0.25, -0.2) is 4.79 Å². The molecule has 2 aromatic rings. The van der Waals surface area contributed by atoms with Crippen LogP contribution in [-0.2, 0) is 20.8 Å². The summed E-state index contributed by atoms with van der Waals surface area (Å²) in [6.07, 6.45) is 4.10. The summed E-state index contributed by atoms with van der Waals surface area (Å²) in [5, 5.41) is 16.7. The van der Waals surface area contributed by atoms with Crippen LogP contribution >= 0.6 is 39.1 Å². The highest BCUT2D eigenvalue weighted by Crippen LogP contribution is 2.53. The zero-order valence-corrected chi connectivity index (χ0v) is 23.8. The number of carbonyl (C=O) groups is 4. The highest BCUT2D eigenvalue weighted by Gasteiger charge is 2.57. The van der Waals surface area contributed by atoms with E-state index < -0.39 is 22.8 Å². The highest BCUT2D eigenvalue weighted by atomic mass is 79.9. The number of hydrogen-bond donors (Lipinski definition) is 3. The van der Waals surface area contributed by atoms with Gasteiger partial charge in [0, 0.05) is 43.0 Å². The number of nitrogens with one attached hydrogen (secondary N) is 2. The molecule has 1 atom stereocenters. The lowest BCUT2D eigenvalue weighted by Gasteiger charge is -2.49. The molecule has 200 valence electrons. The minimum Gasteiger partial charge on any atom is -0.479 e. The number of rotatable bonds is 8.